The number of carbonyl (C=O) groups is 1. The second kappa shape index (κ2) is 6.50. The van der Waals surface area contributed by atoms with E-state index in [1.807, 2.05) is 0 Å². The van der Waals surface area contributed by atoms with E-state index in [2.05, 4.69) is 15.5 Å². The molecule has 0 saturated heterocycles. The molecule has 2 rings (SSSR count). The Kier molecular flexibility index (Phi) is 4.81. The molecule has 0 bridgehead atoms. The second-order valence-electron chi connectivity index (χ2n) is 6.11. The summed E-state index contributed by atoms with van der Waals surface area (Å²) < 4.78 is 45.6. The molecule has 0 aliphatic carbocycles. The summed E-state index contributed by atoms with van der Waals surface area (Å²) in [6, 6.07) is 3.47. The van der Waals surface area contributed by atoms with E-state index in [4.69, 9.17) is 4.74 Å². The number of alkyl carbamates (subject to hydrolysis) is 1. The Hall–Kier alpha value is -2.58. The number of halogens is 3. The Bertz CT molecular complexity index is 706. The van der Waals surface area contributed by atoms with Crippen molar-refractivity contribution in [3.8, 4) is 5.69 Å². The van der Waals surface area contributed by atoms with E-state index in [9.17, 15) is 18.0 Å². The summed E-state index contributed by atoms with van der Waals surface area (Å²) >= 11 is 0. The minimum Gasteiger partial charge on any atom is -0.444 e. The fourth-order valence-electron chi connectivity index (χ4n) is 1.91. The van der Waals surface area contributed by atoms with Crippen LogP contribution in [0.2, 0.25) is 0 Å². The molecule has 0 radical (unpaired) electrons. The lowest BCUT2D eigenvalue weighted by Gasteiger charge is -2.20. The zero-order valence-electron chi connectivity index (χ0n) is 13.4. The summed E-state index contributed by atoms with van der Waals surface area (Å²) in [5, 5.41) is 9.59. The molecule has 1 heterocycles. The second-order valence-corrected chi connectivity index (χ2v) is 6.11. The molecule has 0 atom stereocenters. The SMILES string of the molecule is CC(C)(C)OC(=O)NCc1cc(-n2cnnc2)cc(C(F)(F)F)c1. The van der Waals surface area contributed by atoms with Gasteiger partial charge in [0.1, 0.15) is 18.3 Å². The van der Waals surface area contributed by atoms with Crippen LogP contribution in [0.25, 0.3) is 5.69 Å². The Morgan fingerprint density at radius 1 is 1.17 bits per heavy atom. The van der Waals surface area contributed by atoms with Gasteiger partial charge in [-0.15, -0.1) is 10.2 Å². The number of nitrogens with zero attached hydrogens (tertiary/aromatic N) is 3. The highest BCUT2D eigenvalue weighted by atomic mass is 19.4. The third kappa shape index (κ3) is 4.97. The zero-order valence-corrected chi connectivity index (χ0v) is 13.4. The Labute approximate surface area is 136 Å². The highest BCUT2D eigenvalue weighted by Crippen LogP contribution is 2.31. The van der Waals surface area contributed by atoms with Crippen molar-refractivity contribution in [2.45, 2.75) is 39.1 Å². The number of ether oxygens (including phenoxy) is 1. The first-order valence-corrected chi connectivity index (χ1v) is 7.07. The van der Waals surface area contributed by atoms with E-state index in [0.717, 1.165) is 12.1 Å². The molecule has 1 N–H and O–H groups in total. The van der Waals surface area contributed by atoms with Crippen molar-refractivity contribution in [3.63, 3.8) is 0 Å². The topological polar surface area (TPSA) is 69.0 Å². The van der Waals surface area contributed by atoms with Crippen LogP contribution in [0.3, 0.4) is 0 Å². The number of nitrogens with one attached hydrogen (secondary N) is 1. The van der Waals surface area contributed by atoms with Crippen molar-refractivity contribution in [1.82, 2.24) is 20.1 Å². The Morgan fingerprint density at radius 3 is 2.33 bits per heavy atom. The minimum atomic E-state index is -4.51. The summed E-state index contributed by atoms with van der Waals surface area (Å²) in [5.74, 6) is 0. The highest BCUT2D eigenvalue weighted by molar-refractivity contribution is 5.67. The van der Waals surface area contributed by atoms with Crippen LogP contribution in [0, 0.1) is 0 Å². The first-order valence-electron chi connectivity index (χ1n) is 7.07. The van der Waals surface area contributed by atoms with Crippen LogP contribution in [-0.4, -0.2) is 26.5 Å². The monoisotopic (exact) mass is 342 g/mol. The summed E-state index contributed by atoms with van der Waals surface area (Å²) in [5.41, 5.74) is -0.990. The third-order valence-corrected chi connectivity index (χ3v) is 2.86. The standard InChI is InChI=1S/C15H17F3N4O2/c1-14(2,3)24-13(23)19-7-10-4-11(15(16,17)18)6-12(5-10)22-8-20-21-9-22/h4-6,8-9H,7H2,1-3H3,(H,19,23). The third-order valence-electron chi connectivity index (χ3n) is 2.86. The zero-order chi connectivity index (χ0) is 18.0. The van der Waals surface area contributed by atoms with Gasteiger partial charge in [0.15, 0.2) is 0 Å². The van der Waals surface area contributed by atoms with Crippen molar-refractivity contribution in [2.24, 2.45) is 0 Å². The predicted molar refractivity (Wildman–Crippen MR) is 79.4 cm³/mol. The lowest BCUT2D eigenvalue weighted by Crippen LogP contribution is -2.32. The van der Waals surface area contributed by atoms with Gasteiger partial charge in [0.2, 0.25) is 0 Å². The number of rotatable bonds is 3. The summed E-state index contributed by atoms with van der Waals surface area (Å²) in [6.07, 6.45) is -2.63. The molecular formula is C15H17F3N4O2. The molecule has 0 aliphatic rings. The van der Waals surface area contributed by atoms with E-state index >= 15 is 0 Å². The van der Waals surface area contributed by atoms with Gasteiger partial charge in [-0.05, 0) is 44.5 Å². The van der Waals surface area contributed by atoms with Crippen LogP contribution < -0.4 is 5.32 Å². The van der Waals surface area contributed by atoms with E-state index < -0.39 is 23.4 Å². The Morgan fingerprint density at radius 2 is 1.79 bits per heavy atom. The average Bonchev–Trinajstić information content (AvgIpc) is 2.96. The van der Waals surface area contributed by atoms with Crippen molar-refractivity contribution < 1.29 is 22.7 Å². The van der Waals surface area contributed by atoms with Crippen molar-refractivity contribution in [1.29, 1.82) is 0 Å². The molecule has 0 aliphatic heterocycles. The highest BCUT2D eigenvalue weighted by Gasteiger charge is 2.31. The number of hydrogen-bond donors (Lipinski definition) is 1. The number of amides is 1. The predicted octanol–water partition coefficient (Wildman–Crippen LogP) is 3.31. The first kappa shape index (κ1) is 17.8. The fourth-order valence-corrected chi connectivity index (χ4v) is 1.91. The number of benzene rings is 1. The molecule has 0 spiro atoms. The summed E-state index contributed by atoms with van der Waals surface area (Å²) in [7, 11) is 0. The van der Waals surface area contributed by atoms with Crippen LogP contribution >= 0.6 is 0 Å². The molecule has 0 saturated carbocycles. The van der Waals surface area contributed by atoms with Gasteiger partial charge in [0.05, 0.1) is 5.56 Å². The van der Waals surface area contributed by atoms with Gasteiger partial charge in [-0.25, -0.2) is 4.79 Å². The van der Waals surface area contributed by atoms with E-state index in [1.54, 1.807) is 20.8 Å². The van der Waals surface area contributed by atoms with Crippen LogP contribution in [-0.2, 0) is 17.5 Å². The van der Waals surface area contributed by atoms with Gasteiger partial charge < -0.3 is 10.1 Å². The summed E-state index contributed by atoms with van der Waals surface area (Å²) in [4.78, 5) is 11.6. The minimum absolute atomic E-state index is 0.103. The number of carbonyl (C=O) groups excluding carboxylic acids is 1. The largest absolute Gasteiger partial charge is 0.444 e. The molecule has 2 aromatic rings. The lowest BCUT2D eigenvalue weighted by atomic mass is 10.1. The van der Waals surface area contributed by atoms with Crippen LogP contribution in [0.1, 0.15) is 31.9 Å². The number of hydrogen-bond acceptors (Lipinski definition) is 4. The van der Waals surface area contributed by atoms with Crippen LogP contribution in [0.5, 0.6) is 0 Å². The van der Waals surface area contributed by atoms with Gasteiger partial charge >= 0.3 is 12.3 Å². The van der Waals surface area contributed by atoms with Crippen molar-refractivity contribution in [3.05, 3.63) is 42.0 Å². The van der Waals surface area contributed by atoms with Gasteiger partial charge in [-0.2, -0.15) is 13.2 Å². The molecule has 1 aromatic heterocycles. The molecular weight excluding hydrogens is 325 g/mol. The van der Waals surface area contributed by atoms with Crippen molar-refractivity contribution >= 4 is 6.09 Å². The molecule has 9 heteroatoms. The maximum atomic E-state index is 13.1. The molecule has 0 unspecified atom stereocenters. The van der Waals surface area contributed by atoms with Gasteiger partial charge in [0.25, 0.3) is 0 Å². The Balaban J connectivity index is 2.23. The quantitative estimate of drug-likeness (QED) is 0.929. The molecule has 0 fully saturated rings. The molecule has 1 aromatic carbocycles. The molecule has 6 nitrogen and oxygen atoms in total. The molecule has 24 heavy (non-hydrogen) atoms. The van der Waals surface area contributed by atoms with E-state index in [1.165, 1.54) is 23.3 Å². The average molecular weight is 342 g/mol. The van der Waals surface area contributed by atoms with Gasteiger partial charge in [-0.1, -0.05) is 0 Å². The maximum Gasteiger partial charge on any atom is 0.416 e. The number of aromatic nitrogens is 3. The maximum absolute atomic E-state index is 13.1. The van der Waals surface area contributed by atoms with Crippen LogP contribution in [0.4, 0.5) is 18.0 Å². The normalized spacial score (nSPS) is 12.1. The van der Waals surface area contributed by atoms with Gasteiger partial charge in [0, 0.05) is 12.2 Å². The smallest absolute Gasteiger partial charge is 0.416 e. The van der Waals surface area contributed by atoms with Gasteiger partial charge in [-0.3, -0.25) is 4.57 Å². The van der Waals surface area contributed by atoms with E-state index in [-0.39, 0.29) is 17.8 Å². The van der Waals surface area contributed by atoms with Crippen molar-refractivity contribution in [2.75, 3.05) is 0 Å². The summed E-state index contributed by atoms with van der Waals surface area (Å²) in [6.45, 7) is 4.98. The lowest BCUT2D eigenvalue weighted by molar-refractivity contribution is -0.137. The van der Waals surface area contributed by atoms with Crippen LogP contribution in [0.15, 0.2) is 30.9 Å². The van der Waals surface area contributed by atoms with E-state index in [0.29, 0.717) is 0 Å². The molecule has 130 valence electrons. The fraction of sp³-hybridized carbons (Fsp3) is 0.400. The number of alkyl halides is 3. The molecule has 1 amide bonds. The first-order chi connectivity index (χ1) is 11.0.